The third-order valence-electron chi connectivity index (χ3n) is 3.48. The first-order valence-corrected chi connectivity index (χ1v) is 4.83. The van der Waals surface area contributed by atoms with Crippen LogP contribution in [-0.2, 0) is 4.79 Å². The molecule has 1 amide bonds. The number of carbonyl (C=O) groups is 1. The summed E-state index contributed by atoms with van der Waals surface area (Å²) in [5.41, 5.74) is 0. The summed E-state index contributed by atoms with van der Waals surface area (Å²) >= 11 is 0. The summed E-state index contributed by atoms with van der Waals surface area (Å²) in [4.78, 5) is 11.4. The summed E-state index contributed by atoms with van der Waals surface area (Å²) in [5.74, 6) is 2.13. The second-order valence-corrected chi connectivity index (χ2v) is 4.26. The number of amides is 1. The Bertz CT molecular complexity index is 259. The maximum absolute atomic E-state index is 11.4. The number of nitrogens with one attached hydrogen (secondary N) is 1. The molecule has 1 saturated carbocycles. The van der Waals surface area contributed by atoms with Crippen molar-refractivity contribution in [1.82, 2.24) is 5.32 Å². The van der Waals surface area contributed by atoms with Crippen LogP contribution in [-0.4, -0.2) is 11.9 Å². The minimum atomic E-state index is 0.183. The summed E-state index contributed by atoms with van der Waals surface area (Å²) < 4.78 is 0. The number of rotatable bonds is 0. The zero-order valence-corrected chi connectivity index (χ0v) is 6.99. The molecule has 2 heteroatoms. The highest BCUT2D eigenvalue weighted by Gasteiger charge is 2.46. The maximum atomic E-state index is 11.4. The second kappa shape index (κ2) is 2.12. The van der Waals surface area contributed by atoms with E-state index in [0.717, 1.165) is 18.3 Å². The van der Waals surface area contributed by atoms with Gasteiger partial charge in [-0.05, 0) is 31.1 Å². The predicted octanol–water partition coefficient (Wildman–Crippen LogP) is 1.09. The lowest BCUT2D eigenvalue weighted by Gasteiger charge is -2.26. The average molecular weight is 163 g/mol. The molecule has 2 bridgehead atoms. The van der Waals surface area contributed by atoms with Gasteiger partial charge in [-0.15, -0.1) is 0 Å². The molecular formula is C10H13NO. The molecule has 0 aromatic rings. The molecule has 64 valence electrons. The van der Waals surface area contributed by atoms with Gasteiger partial charge >= 0.3 is 0 Å². The Morgan fingerprint density at radius 2 is 2.25 bits per heavy atom. The normalized spacial score (nSPS) is 49.2. The molecule has 12 heavy (non-hydrogen) atoms. The van der Waals surface area contributed by atoms with Crippen molar-refractivity contribution in [2.45, 2.75) is 25.3 Å². The molecule has 0 aromatic carbocycles. The Morgan fingerprint density at radius 1 is 1.33 bits per heavy atom. The van der Waals surface area contributed by atoms with Crippen molar-refractivity contribution in [3.63, 3.8) is 0 Å². The standard InChI is InChI=1S/C10H13NO/c12-10-6-1-2-7-5-8(7)9(11-10)4-3-6/h3-4,6-9H,1-2,5H2,(H,11,12). The SMILES string of the molecule is O=C1NC2C=CC1CCC1CC12. The first-order chi connectivity index (χ1) is 5.84. The fourth-order valence-electron chi connectivity index (χ4n) is 2.57. The van der Waals surface area contributed by atoms with Crippen LogP contribution in [0.1, 0.15) is 19.3 Å². The quantitative estimate of drug-likeness (QED) is 0.532. The molecule has 0 radical (unpaired) electrons. The van der Waals surface area contributed by atoms with Crippen LogP contribution in [0.15, 0.2) is 12.2 Å². The topological polar surface area (TPSA) is 29.1 Å². The van der Waals surface area contributed by atoms with Gasteiger partial charge in [0.25, 0.3) is 0 Å². The smallest absolute Gasteiger partial charge is 0.227 e. The lowest BCUT2D eigenvalue weighted by Crippen LogP contribution is -2.43. The highest BCUT2D eigenvalue weighted by Crippen LogP contribution is 2.48. The van der Waals surface area contributed by atoms with E-state index in [9.17, 15) is 4.79 Å². The number of hydrogen-bond acceptors (Lipinski definition) is 1. The van der Waals surface area contributed by atoms with E-state index in [1.54, 1.807) is 0 Å². The van der Waals surface area contributed by atoms with E-state index in [0.29, 0.717) is 6.04 Å². The molecule has 2 fully saturated rings. The van der Waals surface area contributed by atoms with Gasteiger partial charge in [0, 0.05) is 0 Å². The van der Waals surface area contributed by atoms with E-state index < -0.39 is 0 Å². The Kier molecular flexibility index (Phi) is 1.18. The second-order valence-electron chi connectivity index (χ2n) is 4.26. The van der Waals surface area contributed by atoms with E-state index in [1.165, 1.54) is 12.8 Å². The van der Waals surface area contributed by atoms with Crippen LogP contribution in [0.5, 0.6) is 0 Å². The first-order valence-electron chi connectivity index (χ1n) is 4.83. The number of hydrogen-bond donors (Lipinski definition) is 1. The van der Waals surface area contributed by atoms with Crippen molar-refractivity contribution < 1.29 is 4.79 Å². The largest absolute Gasteiger partial charge is 0.349 e. The third kappa shape index (κ3) is 0.838. The Balaban J connectivity index is 1.93. The molecule has 2 aliphatic heterocycles. The van der Waals surface area contributed by atoms with E-state index in [1.807, 2.05) is 0 Å². The van der Waals surface area contributed by atoms with Crippen LogP contribution in [0.25, 0.3) is 0 Å². The lowest BCUT2D eigenvalue weighted by atomic mass is 9.90. The molecule has 4 atom stereocenters. The fraction of sp³-hybridized carbons (Fsp3) is 0.700. The molecule has 2 heterocycles. The zero-order chi connectivity index (χ0) is 8.13. The molecule has 2 aliphatic carbocycles. The first kappa shape index (κ1) is 6.70. The monoisotopic (exact) mass is 163 g/mol. The van der Waals surface area contributed by atoms with E-state index >= 15 is 0 Å². The minimum Gasteiger partial charge on any atom is -0.349 e. The third-order valence-corrected chi connectivity index (χ3v) is 3.48. The van der Waals surface area contributed by atoms with Crippen LogP contribution >= 0.6 is 0 Å². The Morgan fingerprint density at radius 3 is 3.08 bits per heavy atom. The molecule has 1 saturated heterocycles. The van der Waals surface area contributed by atoms with Crippen LogP contribution in [0.3, 0.4) is 0 Å². The van der Waals surface area contributed by atoms with Crippen molar-refractivity contribution in [3.05, 3.63) is 12.2 Å². The molecule has 0 aromatic heterocycles. The maximum Gasteiger partial charge on any atom is 0.227 e. The van der Waals surface area contributed by atoms with Gasteiger partial charge in [0.2, 0.25) is 5.91 Å². The summed E-state index contributed by atoms with van der Waals surface area (Å²) in [6.07, 6.45) is 7.98. The van der Waals surface area contributed by atoms with Gasteiger partial charge in [-0.3, -0.25) is 4.79 Å². The highest BCUT2D eigenvalue weighted by molar-refractivity contribution is 5.82. The van der Waals surface area contributed by atoms with Crippen molar-refractivity contribution in [2.75, 3.05) is 0 Å². The predicted molar refractivity (Wildman–Crippen MR) is 45.4 cm³/mol. The van der Waals surface area contributed by atoms with Crippen molar-refractivity contribution in [1.29, 1.82) is 0 Å². The summed E-state index contributed by atoms with van der Waals surface area (Å²) in [6.45, 7) is 0. The molecule has 4 unspecified atom stereocenters. The number of carbonyl (C=O) groups excluding carboxylic acids is 1. The average Bonchev–Trinajstić information content (AvgIpc) is 2.76. The minimum absolute atomic E-state index is 0.183. The molecule has 2 nitrogen and oxygen atoms in total. The Labute approximate surface area is 72.0 Å². The van der Waals surface area contributed by atoms with Crippen molar-refractivity contribution >= 4 is 5.91 Å². The van der Waals surface area contributed by atoms with Crippen LogP contribution in [0.2, 0.25) is 0 Å². The van der Waals surface area contributed by atoms with Gasteiger partial charge in [0.15, 0.2) is 0 Å². The van der Waals surface area contributed by atoms with E-state index in [-0.39, 0.29) is 11.8 Å². The molecule has 4 rings (SSSR count). The van der Waals surface area contributed by atoms with Crippen molar-refractivity contribution in [3.8, 4) is 0 Å². The highest BCUT2D eigenvalue weighted by atomic mass is 16.2. The summed E-state index contributed by atoms with van der Waals surface area (Å²) in [7, 11) is 0. The lowest BCUT2D eigenvalue weighted by molar-refractivity contribution is -0.125. The summed E-state index contributed by atoms with van der Waals surface area (Å²) in [5, 5.41) is 3.08. The molecular weight excluding hydrogens is 150 g/mol. The van der Waals surface area contributed by atoms with Gasteiger partial charge < -0.3 is 5.32 Å². The van der Waals surface area contributed by atoms with E-state index in [2.05, 4.69) is 17.5 Å². The fourth-order valence-corrected chi connectivity index (χ4v) is 2.57. The zero-order valence-electron chi connectivity index (χ0n) is 6.99. The van der Waals surface area contributed by atoms with Crippen LogP contribution in [0, 0.1) is 17.8 Å². The van der Waals surface area contributed by atoms with Gasteiger partial charge in [-0.2, -0.15) is 0 Å². The molecule has 4 aliphatic rings. The van der Waals surface area contributed by atoms with Gasteiger partial charge in [0.05, 0.1) is 12.0 Å². The molecule has 1 N–H and O–H groups in total. The van der Waals surface area contributed by atoms with Gasteiger partial charge in [-0.25, -0.2) is 0 Å². The van der Waals surface area contributed by atoms with Gasteiger partial charge in [0.1, 0.15) is 0 Å². The van der Waals surface area contributed by atoms with Crippen molar-refractivity contribution in [2.24, 2.45) is 17.8 Å². The molecule has 0 spiro atoms. The Hall–Kier alpha value is -0.790. The number of fused-ring (bicyclic) bond motifs is 2. The summed E-state index contributed by atoms with van der Waals surface area (Å²) in [6, 6.07) is 0.374. The van der Waals surface area contributed by atoms with Crippen LogP contribution in [0.4, 0.5) is 0 Å². The van der Waals surface area contributed by atoms with Crippen LogP contribution < -0.4 is 5.32 Å². The van der Waals surface area contributed by atoms with E-state index in [4.69, 9.17) is 0 Å². The van der Waals surface area contributed by atoms with Gasteiger partial charge in [-0.1, -0.05) is 12.2 Å².